The molecular formula is C15H30N4. The second kappa shape index (κ2) is 9.96. The predicted octanol–water partition coefficient (Wildman–Crippen LogP) is 3.70. The molecule has 1 N–H and O–H groups in total. The van der Waals surface area contributed by atoms with Crippen LogP contribution in [-0.4, -0.2) is 21.5 Å². The highest BCUT2D eigenvalue weighted by Gasteiger charge is 2.15. The molecule has 1 unspecified atom stereocenters. The van der Waals surface area contributed by atoms with Crippen molar-refractivity contribution in [3.8, 4) is 0 Å². The maximum atomic E-state index is 4.21. The standard InChI is InChI=1S/C15H30N4/c1-4-7-8-9-10-14(16-11-5-2)15-13-17-18-19(15)12-6-3/h13-14,16H,4-12H2,1-3H3. The minimum absolute atomic E-state index is 0.415. The number of nitrogens with zero attached hydrogens (tertiary/aromatic N) is 3. The first kappa shape index (κ1) is 16.2. The molecule has 0 aliphatic rings. The number of rotatable bonds is 11. The molecule has 0 saturated heterocycles. The second-order valence-corrected chi connectivity index (χ2v) is 5.24. The lowest BCUT2D eigenvalue weighted by Gasteiger charge is -2.19. The highest BCUT2D eigenvalue weighted by molar-refractivity contribution is 5.02. The fourth-order valence-corrected chi connectivity index (χ4v) is 2.37. The van der Waals surface area contributed by atoms with Crippen molar-refractivity contribution in [2.24, 2.45) is 0 Å². The molecule has 0 aromatic carbocycles. The van der Waals surface area contributed by atoms with Crippen molar-refractivity contribution in [2.45, 2.75) is 78.3 Å². The highest BCUT2D eigenvalue weighted by atomic mass is 15.4. The van der Waals surface area contributed by atoms with E-state index in [1.807, 2.05) is 6.20 Å². The molecule has 0 fully saturated rings. The van der Waals surface area contributed by atoms with Gasteiger partial charge in [-0.25, -0.2) is 4.68 Å². The number of aromatic nitrogens is 3. The highest BCUT2D eigenvalue weighted by Crippen LogP contribution is 2.19. The van der Waals surface area contributed by atoms with Gasteiger partial charge >= 0.3 is 0 Å². The van der Waals surface area contributed by atoms with Crippen LogP contribution in [-0.2, 0) is 6.54 Å². The summed E-state index contributed by atoms with van der Waals surface area (Å²) in [6.07, 6.45) is 10.6. The van der Waals surface area contributed by atoms with Gasteiger partial charge in [0.05, 0.1) is 17.9 Å². The summed E-state index contributed by atoms with van der Waals surface area (Å²) < 4.78 is 2.06. The Balaban J connectivity index is 2.57. The topological polar surface area (TPSA) is 42.7 Å². The Bertz CT molecular complexity index is 322. The second-order valence-electron chi connectivity index (χ2n) is 5.24. The van der Waals surface area contributed by atoms with Crippen molar-refractivity contribution in [2.75, 3.05) is 6.54 Å². The van der Waals surface area contributed by atoms with Gasteiger partial charge in [-0.15, -0.1) is 5.10 Å². The molecule has 0 radical (unpaired) electrons. The summed E-state index contributed by atoms with van der Waals surface area (Å²) in [5.41, 5.74) is 1.26. The smallest absolute Gasteiger partial charge is 0.0756 e. The van der Waals surface area contributed by atoms with Gasteiger partial charge in [0.15, 0.2) is 0 Å². The first-order valence-corrected chi connectivity index (χ1v) is 7.95. The average Bonchev–Trinajstić information content (AvgIpc) is 2.87. The molecule has 1 aromatic heterocycles. The Morgan fingerprint density at radius 3 is 2.63 bits per heavy atom. The third-order valence-electron chi connectivity index (χ3n) is 3.43. The van der Waals surface area contributed by atoms with E-state index in [0.29, 0.717) is 6.04 Å². The third kappa shape index (κ3) is 5.72. The van der Waals surface area contributed by atoms with E-state index in [1.54, 1.807) is 0 Å². The summed E-state index contributed by atoms with van der Waals surface area (Å²) in [6.45, 7) is 8.68. The maximum absolute atomic E-state index is 4.21. The Morgan fingerprint density at radius 1 is 1.11 bits per heavy atom. The van der Waals surface area contributed by atoms with E-state index in [2.05, 4.69) is 41.1 Å². The first-order valence-electron chi connectivity index (χ1n) is 7.95. The van der Waals surface area contributed by atoms with Gasteiger partial charge < -0.3 is 5.32 Å². The first-order chi connectivity index (χ1) is 9.33. The van der Waals surface area contributed by atoms with Crippen LogP contribution in [0.3, 0.4) is 0 Å². The van der Waals surface area contributed by atoms with Gasteiger partial charge in [-0.05, 0) is 25.8 Å². The largest absolute Gasteiger partial charge is 0.309 e. The fourth-order valence-electron chi connectivity index (χ4n) is 2.37. The zero-order valence-corrected chi connectivity index (χ0v) is 12.9. The van der Waals surface area contributed by atoms with Crippen LogP contribution in [0.1, 0.15) is 77.5 Å². The summed E-state index contributed by atoms with van der Waals surface area (Å²) in [4.78, 5) is 0. The summed E-state index contributed by atoms with van der Waals surface area (Å²) in [7, 11) is 0. The van der Waals surface area contributed by atoms with Crippen LogP contribution in [0.4, 0.5) is 0 Å². The Labute approximate surface area is 118 Å². The number of hydrogen-bond donors (Lipinski definition) is 1. The monoisotopic (exact) mass is 266 g/mol. The van der Waals surface area contributed by atoms with Crippen LogP contribution in [0.2, 0.25) is 0 Å². The third-order valence-corrected chi connectivity index (χ3v) is 3.43. The Morgan fingerprint density at radius 2 is 1.95 bits per heavy atom. The Hall–Kier alpha value is -0.900. The van der Waals surface area contributed by atoms with Crippen molar-refractivity contribution in [3.05, 3.63) is 11.9 Å². The minimum atomic E-state index is 0.415. The van der Waals surface area contributed by atoms with Crippen LogP contribution in [0.15, 0.2) is 6.20 Å². The van der Waals surface area contributed by atoms with Crippen molar-refractivity contribution in [1.29, 1.82) is 0 Å². The lowest BCUT2D eigenvalue weighted by Crippen LogP contribution is -2.25. The van der Waals surface area contributed by atoms with E-state index < -0.39 is 0 Å². The number of aryl methyl sites for hydroxylation is 1. The molecule has 19 heavy (non-hydrogen) atoms. The van der Waals surface area contributed by atoms with Crippen LogP contribution in [0.25, 0.3) is 0 Å². The van der Waals surface area contributed by atoms with Crippen molar-refractivity contribution < 1.29 is 0 Å². The number of unbranched alkanes of at least 4 members (excludes halogenated alkanes) is 3. The zero-order chi connectivity index (χ0) is 13.9. The normalized spacial score (nSPS) is 12.8. The molecule has 1 heterocycles. The van der Waals surface area contributed by atoms with E-state index >= 15 is 0 Å². The molecule has 0 aliphatic carbocycles. The van der Waals surface area contributed by atoms with Crippen molar-refractivity contribution in [1.82, 2.24) is 20.3 Å². The summed E-state index contributed by atoms with van der Waals surface area (Å²) in [5.74, 6) is 0. The fraction of sp³-hybridized carbons (Fsp3) is 0.867. The van der Waals surface area contributed by atoms with Crippen LogP contribution >= 0.6 is 0 Å². The number of hydrogen-bond acceptors (Lipinski definition) is 3. The van der Waals surface area contributed by atoms with Crippen LogP contribution < -0.4 is 5.32 Å². The maximum Gasteiger partial charge on any atom is 0.0756 e. The minimum Gasteiger partial charge on any atom is -0.309 e. The van der Waals surface area contributed by atoms with Gasteiger partial charge in [0, 0.05) is 6.54 Å². The molecule has 110 valence electrons. The molecule has 4 nitrogen and oxygen atoms in total. The Kier molecular flexibility index (Phi) is 8.47. The van der Waals surface area contributed by atoms with Gasteiger partial charge in [0.25, 0.3) is 0 Å². The summed E-state index contributed by atoms with van der Waals surface area (Å²) in [5, 5.41) is 11.9. The molecule has 0 saturated carbocycles. The van der Waals surface area contributed by atoms with E-state index in [4.69, 9.17) is 0 Å². The molecule has 1 atom stereocenters. The van der Waals surface area contributed by atoms with Gasteiger partial charge in [0.1, 0.15) is 0 Å². The summed E-state index contributed by atoms with van der Waals surface area (Å²) >= 11 is 0. The molecule has 0 amide bonds. The lowest BCUT2D eigenvalue weighted by atomic mass is 10.0. The van der Waals surface area contributed by atoms with Gasteiger partial charge in [-0.2, -0.15) is 0 Å². The average molecular weight is 266 g/mol. The SMILES string of the molecule is CCCCCCC(NCCC)c1cnnn1CCC. The lowest BCUT2D eigenvalue weighted by molar-refractivity contribution is 0.429. The van der Waals surface area contributed by atoms with E-state index in [9.17, 15) is 0 Å². The van der Waals surface area contributed by atoms with E-state index in [0.717, 1.165) is 19.5 Å². The van der Waals surface area contributed by atoms with Crippen molar-refractivity contribution >= 4 is 0 Å². The van der Waals surface area contributed by atoms with Crippen molar-refractivity contribution in [3.63, 3.8) is 0 Å². The van der Waals surface area contributed by atoms with Gasteiger partial charge in [-0.3, -0.25) is 0 Å². The van der Waals surface area contributed by atoms with Gasteiger partial charge in [0.2, 0.25) is 0 Å². The number of nitrogens with one attached hydrogen (secondary N) is 1. The van der Waals surface area contributed by atoms with Crippen LogP contribution in [0.5, 0.6) is 0 Å². The summed E-state index contributed by atoms with van der Waals surface area (Å²) in [6, 6.07) is 0.415. The van der Waals surface area contributed by atoms with E-state index in [-0.39, 0.29) is 0 Å². The molecular weight excluding hydrogens is 236 g/mol. The van der Waals surface area contributed by atoms with Crippen LogP contribution in [0, 0.1) is 0 Å². The molecule has 0 spiro atoms. The molecule has 1 rings (SSSR count). The molecule has 0 aliphatic heterocycles. The predicted molar refractivity (Wildman–Crippen MR) is 80.1 cm³/mol. The van der Waals surface area contributed by atoms with Gasteiger partial charge in [-0.1, -0.05) is 51.7 Å². The zero-order valence-electron chi connectivity index (χ0n) is 12.9. The molecule has 1 aromatic rings. The van der Waals surface area contributed by atoms with E-state index in [1.165, 1.54) is 44.2 Å². The molecule has 0 bridgehead atoms. The quantitative estimate of drug-likeness (QED) is 0.621. The molecule has 4 heteroatoms.